The SMILES string of the molecule is Cc1ccc([C@@H](C2=C(O)c3ccccc3C(=O)C2=O)c2ccccc2)cc1. The number of carbonyl (C=O) groups excluding carboxylic acids is 2. The average Bonchev–Trinajstić information content (AvgIpc) is 2.71. The fraction of sp³-hybridized carbons (Fsp3) is 0.0833. The highest BCUT2D eigenvalue weighted by Crippen LogP contribution is 2.39. The number of hydrogen-bond acceptors (Lipinski definition) is 3. The number of hydrogen-bond donors (Lipinski definition) is 1. The smallest absolute Gasteiger partial charge is 0.234 e. The van der Waals surface area contributed by atoms with Gasteiger partial charge in [0, 0.05) is 17.0 Å². The Kier molecular flexibility index (Phi) is 4.21. The molecule has 0 fully saturated rings. The molecule has 0 unspecified atom stereocenters. The Labute approximate surface area is 157 Å². The minimum atomic E-state index is -0.652. The molecule has 3 aromatic carbocycles. The zero-order chi connectivity index (χ0) is 19.0. The molecule has 1 aliphatic rings. The molecule has 0 aliphatic heterocycles. The first-order valence-corrected chi connectivity index (χ1v) is 8.81. The van der Waals surface area contributed by atoms with Crippen LogP contribution in [0.3, 0.4) is 0 Å². The summed E-state index contributed by atoms with van der Waals surface area (Å²) in [6.45, 7) is 1.99. The number of allylic oxidation sites excluding steroid dienone is 1. The minimum absolute atomic E-state index is 0.121. The molecule has 0 saturated carbocycles. The van der Waals surface area contributed by atoms with E-state index in [4.69, 9.17) is 0 Å². The van der Waals surface area contributed by atoms with Gasteiger partial charge in [-0.15, -0.1) is 0 Å². The first kappa shape index (κ1) is 17.0. The van der Waals surface area contributed by atoms with E-state index in [1.54, 1.807) is 24.3 Å². The minimum Gasteiger partial charge on any atom is -0.507 e. The van der Waals surface area contributed by atoms with Crippen LogP contribution in [0.1, 0.15) is 38.5 Å². The van der Waals surface area contributed by atoms with Crippen molar-refractivity contribution in [1.82, 2.24) is 0 Å². The van der Waals surface area contributed by atoms with Crippen LogP contribution in [-0.2, 0) is 4.79 Å². The molecule has 0 aromatic heterocycles. The third-order valence-corrected chi connectivity index (χ3v) is 4.97. The molecule has 1 atom stereocenters. The van der Waals surface area contributed by atoms with Gasteiger partial charge in [-0.25, -0.2) is 0 Å². The summed E-state index contributed by atoms with van der Waals surface area (Å²) in [5, 5.41) is 11.0. The lowest BCUT2D eigenvalue weighted by atomic mass is 9.76. The number of ketones is 2. The molecule has 27 heavy (non-hydrogen) atoms. The van der Waals surface area contributed by atoms with Crippen LogP contribution < -0.4 is 0 Å². The van der Waals surface area contributed by atoms with Gasteiger partial charge < -0.3 is 5.11 Å². The fourth-order valence-corrected chi connectivity index (χ4v) is 3.58. The van der Waals surface area contributed by atoms with Gasteiger partial charge in [-0.3, -0.25) is 9.59 Å². The van der Waals surface area contributed by atoms with Crippen molar-refractivity contribution in [2.75, 3.05) is 0 Å². The van der Waals surface area contributed by atoms with E-state index in [1.165, 1.54) is 0 Å². The van der Waals surface area contributed by atoms with Crippen LogP contribution in [0.15, 0.2) is 84.4 Å². The number of aliphatic hydroxyl groups is 1. The molecule has 0 saturated heterocycles. The summed E-state index contributed by atoms with van der Waals surface area (Å²) in [4.78, 5) is 25.7. The van der Waals surface area contributed by atoms with E-state index < -0.39 is 17.5 Å². The van der Waals surface area contributed by atoms with Gasteiger partial charge in [-0.2, -0.15) is 0 Å². The molecular formula is C24H18O3. The second kappa shape index (κ2) is 6.69. The van der Waals surface area contributed by atoms with Gasteiger partial charge in [0.2, 0.25) is 11.6 Å². The first-order valence-electron chi connectivity index (χ1n) is 8.81. The summed E-state index contributed by atoms with van der Waals surface area (Å²) >= 11 is 0. The number of benzene rings is 3. The highest BCUT2D eigenvalue weighted by molar-refractivity contribution is 6.52. The van der Waals surface area contributed by atoms with Crippen LogP contribution in [0, 0.1) is 6.92 Å². The predicted octanol–water partition coefficient (Wildman–Crippen LogP) is 4.86. The quantitative estimate of drug-likeness (QED) is 0.683. The Morgan fingerprint density at radius 1 is 0.667 bits per heavy atom. The third-order valence-electron chi connectivity index (χ3n) is 4.97. The fourth-order valence-electron chi connectivity index (χ4n) is 3.58. The summed E-state index contributed by atoms with van der Waals surface area (Å²) < 4.78 is 0. The van der Waals surface area contributed by atoms with Crippen molar-refractivity contribution in [3.8, 4) is 0 Å². The highest BCUT2D eigenvalue weighted by Gasteiger charge is 2.37. The van der Waals surface area contributed by atoms with Crippen molar-refractivity contribution in [3.05, 3.63) is 112 Å². The van der Waals surface area contributed by atoms with Crippen molar-refractivity contribution >= 4 is 17.3 Å². The summed E-state index contributed by atoms with van der Waals surface area (Å²) in [6, 6.07) is 24.0. The molecule has 132 valence electrons. The van der Waals surface area contributed by atoms with Crippen molar-refractivity contribution in [2.45, 2.75) is 12.8 Å². The summed E-state index contributed by atoms with van der Waals surface area (Å²) in [6.07, 6.45) is 0. The van der Waals surface area contributed by atoms with Gasteiger partial charge >= 0.3 is 0 Å². The molecule has 3 heteroatoms. The van der Waals surface area contributed by atoms with E-state index in [0.29, 0.717) is 5.56 Å². The van der Waals surface area contributed by atoms with Crippen molar-refractivity contribution in [2.24, 2.45) is 0 Å². The van der Waals surface area contributed by atoms with E-state index in [1.807, 2.05) is 61.5 Å². The lowest BCUT2D eigenvalue weighted by Crippen LogP contribution is -2.27. The maximum absolute atomic E-state index is 13.0. The van der Waals surface area contributed by atoms with Crippen LogP contribution in [0.25, 0.3) is 5.76 Å². The van der Waals surface area contributed by atoms with Crippen molar-refractivity contribution in [1.29, 1.82) is 0 Å². The maximum Gasteiger partial charge on any atom is 0.234 e. The molecule has 3 nitrogen and oxygen atoms in total. The first-order chi connectivity index (χ1) is 13.1. The molecule has 1 N–H and O–H groups in total. The van der Waals surface area contributed by atoms with Gasteiger partial charge in [0.25, 0.3) is 0 Å². The van der Waals surface area contributed by atoms with Gasteiger partial charge in [0.05, 0.1) is 5.57 Å². The van der Waals surface area contributed by atoms with E-state index >= 15 is 0 Å². The topological polar surface area (TPSA) is 54.4 Å². The number of fused-ring (bicyclic) bond motifs is 1. The van der Waals surface area contributed by atoms with Gasteiger partial charge in [0.15, 0.2) is 0 Å². The summed E-state index contributed by atoms with van der Waals surface area (Å²) in [7, 11) is 0. The Hall–Kier alpha value is -3.46. The summed E-state index contributed by atoms with van der Waals surface area (Å²) in [5.74, 6) is -1.87. The highest BCUT2D eigenvalue weighted by atomic mass is 16.3. The number of carbonyl (C=O) groups is 2. The number of Topliss-reactive ketones (excluding diaryl/α,β-unsaturated/α-hetero) is 2. The maximum atomic E-state index is 13.0. The monoisotopic (exact) mass is 354 g/mol. The summed E-state index contributed by atoms with van der Waals surface area (Å²) in [5.41, 5.74) is 3.59. The molecule has 0 heterocycles. The lowest BCUT2D eigenvalue weighted by Gasteiger charge is -2.25. The molecule has 1 aliphatic carbocycles. The van der Waals surface area contributed by atoms with E-state index in [9.17, 15) is 14.7 Å². The van der Waals surface area contributed by atoms with Gasteiger partial charge in [0.1, 0.15) is 5.76 Å². The van der Waals surface area contributed by atoms with Crippen LogP contribution in [0.2, 0.25) is 0 Å². The molecule has 0 radical (unpaired) electrons. The van der Waals surface area contributed by atoms with Crippen molar-refractivity contribution in [3.63, 3.8) is 0 Å². The van der Waals surface area contributed by atoms with E-state index in [0.717, 1.165) is 16.7 Å². The molecule has 0 bridgehead atoms. The van der Waals surface area contributed by atoms with Gasteiger partial charge in [-0.05, 0) is 18.1 Å². The Morgan fingerprint density at radius 3 is 1.89 bits per heavy atom. The van der Waals surface area contributed by atoms with Crippen molar-refractivity contribution < 1.29 is 14.7 Å². The normalized spacial score (nSPS) is 14.9. The zero-order valence-electron chi connectivity index (χ0n) is 14.8. The second-order valence-corrected chi connectivity index (χ2v) is 6.72. The lowest BCUT2D eigenvalue weighted by molar-refractivity contribution is -0.112. The van der Waals surface area contributed by atoms with Crippen LogP contribution >= 0.6 is 0 Å². The Morgan fingerprint density at radius 2 is 1.22 bits per heavy atom. The Balaban J connectivity index is 1.99. The zero-order valence-corrected chi connectivity index (χ0v) is 14.8. The van der Waals surface area contributed by atoms with E-state index in [-0.39, 0.29) is 16.9 Å². The molecule has 4 rings (SSSR count). The standard InChI is InChI=1S/C24H18O3/c1-15-11-13-17(14-12-15)20(16-7-3-2-4-8-16)21-22(25)18-9-5-6-10-19(18)23(26)24(21)27/h2-14,20,25H,1H3/t20-/m0/s1. The largest absolute Gasteiger partial charge is 0.507 e. The second-order valence-electron chi connectivity index (χ2n) is 6.72. The molecule has 3 aromatic rings. The molecule has 0 amide bonds. The number of rotatable bonds is 3. The number of aliphatic hydroxyl groups excluding tert-OH is 1. The van der Waals surface area contributed by atoms with Crippen LogP contribution in [-0.4, -0.2) is 16.7 Å². The van der Waals surface area contributed by atoms with Crippen LogP contribution in [0.4, 0.5) is 0 Å². The third kappa shape index (κ3) is 2.87. The number of aryl methyl sites for hydroxylation is 1. The van der Waals surface area contributed by atoms with E-state index in [2.05, 4.69) is 0 Å². The van der Waals surface area contributed by atoms with Gasteiger partial charge in [-0.1, -0.05) is 84.4 Å². The molecular weight excluding hydrogens is 336 g/mol. The molecule has 0 spiro atoms. The van der Waals surface area contributed by atoms with Crippen LogP contribution in [0.5, 0.6) is 0 Å². The average molecular weight is 354 g/mol. The Bertz CT molecular complexity index is 1060. The predicted molar refractivity (Wildman–Crippen MR) is 105 cm³/mol.